The molecule has 0 radical (unpaired) electrons. The summed E-state index contributed by atoms with van der Waals surface area (Å²) < 4.78 is 45.8. The van der Waals surface area contributed by atoms with Crippen molar-refractivity contribution in [2.45, 2.75) is 31.8 Å². The van der Waals surface area contributed by atoms with Crippen LogP contribution in [0.15, 0.2) is 47.4 Å². The molecule has 0 unspecified atom stereocenters. The van der Waals surface area contributed by atoms with Gasteiger partial charge in [-0.1, -0.05) is 6.07 Å². The Kier molecular flexibility index (Phi) is 6.24. The molecule has 8 heteroatoms. The highest BCUT2D eigenvalue weighted by Gasteiger charge is 2.32. The second-order valence-corrected chi connectivity index (χ2v) is 9.13. The molecule has 1 aliphatic rings. The maximum atomic E-state index is 13.0. The fraction of sp³-hybridized carbons (Fsp3) is 0.381. The van der Waals surface area contributed by atoms with Crippen LogP contribution in [0.25, 0.3) is 0 Å². The van der Waals surface area contributed by atoms with E-state index in [1.807, 2.05) is 13.8 Å². The van der Waals surface area contributed by atoms with Crippen LogP contribution in [0, 0.1) is 19.7 Å². The zero-order chi connectivity index (χ0) is 21.2. The van der Waals surface area contributed by atoms with Crippen LogP contribution in [0.3, 0.4) is 0 Å². The molecular formula is C21H25FN2O4S. The first kappa shape index (κ1) is 21.3. The van der Waals surface area contributed by atoms with Crippen LogP contribution >= 0.6 is 0 Å². The van der Waals surface area contributed by atoms with E-state index in [9.17, 15) is 17.6 Å². The third-order valence-electron chi connectivity index (χ3n) is 5.14. The Morgan fingerprint density at radius 1 is 1.00 bits per heavy atom. The molecule has 2 aromatic rings. The van der Waals surface area contributed by atoms with Crippen molar-refractivity contribution in [1.82, 2.24) is 9.21 Å². The third-order valence-corrected chi connectivity index (χ3v) is 7.04. The zero-order valence-corrected chi connectivity index (χ0v) is 17.6. The van der Waals surface area contributed by atoms with Crippen LogP contribution in [-0.4, -0.2) is 55.8 Å². The number of aryl methyl sites for hydroxylation is 2. The molecule has 1 aliphatic heterocycles. The zero-order valence-electron chi connectivity index (χ0n) is 16.8. The fourth-order valence-electron chi connectivity index (χ4n) is 3.20. The Balaban J connectivity index is 1.61. The first-order valence-electron chi connectivity index (χ1n) is 9.47. The summed E-state index contributed by atoms with van der Waals surface area (Å²) >= 11 is 0. The smallest absolute Gasteiger partial charge is 0.263 e. The SMILES string of the molecule is Cc1ccc(S(=O)(=O)N2CCN(C(=O)[C@H](C)Oc3ccc(F)cc3)CC2)cc1C. The molecule has 0 N–H and O–H groups in total. The average molecular weight is 421 g/mol. The fourth-order valence-corrected chi connectivity index (χ4v) is 4.70. The van der Waals surface area contributed by atoms with E-state index in [4.69, 9.17) is 4.74 Å². The van der Waals surface area contributed by atoms with Crippen molar-refractivity contribution >= 4 is 15.9 Å². The number of benzene rings is 2. The van der Waals surface area contributed by atoms with E-state index < -0.39 is 16.1 Å². The monoisotopic (exact) mass is 420 g/mol. The Labute approximate surface area is 170 Å². The predicted octanol–water partition coefficient (Wildman–Crippen LogP) is 2.74. The number of carbonyl (C=O) groups is 1. The lowest BCUT2D eigenvalue weighted by atomic mass is 10.1. The van der Waals surface area contributed by atoms with Crippen LogP contribution in [0.4, 0.5) is 4.39 Å². The number of ether oxygens (including phenoxy) is 1. The minimum absolute atomic E-state index is 0.224. The lowest BCUT2D eigenvalue weighted by molar-refractivity contribution is -0.139. The largest absolute Gasteiger partial charge is 0.481 e. The number of nitrogens with zero attached hydrogens (tertiary/aromatic N) is 2. The summed E-state index contributed by atoms with van der Waals surface area (Å²) in [5.41, 5.74) is 1.96. The second-order valence-electron chi connectivity index (χ2n) is 7.19. The van der Waals surface area contributed by atoms with E-state index in [1.165, 1.54) is 28.6 Å². The molecule has 0 bridgehead atoms. The first-order valence-corrected chi connectivity index (χ1v) is 10.9. The van der Waals surface area contributed by atoms with E-state index >= 15 is 0 Å². The van der Waals surface area contributed by atoms with Gasteiger partial charge in [-0.25, -0.2) is 12.8 Å². The molecule has 6 nitrogen and oxygen atoms in total. The molecule has 29 heavy (non-hydrogen) atoms. The summed E-state index contributed by atoms with van der Waals surface area (Å²) in [5, 5.41) is 0. The molecule has 1 amide bonds. The first-order chi connectivity index (χ1) is 13.7. The van der Waals surface area contributed by atoms with Gasteiger partial charge < -0.3 is 9.64 Å². The van der Waals surface area contributed by atoms with E-state index in [1.54, 1.807) is 30.0 Å². The Hall–Kier alpha value is -2.45. The molecular weight excluding hydrogens is 395 g/mol. The number of hydrogen-bond donors (Lipinski definition) is 0. The highest BCUT2D eigenvalue weighted by Crippen LogP contribution is 2.21. The number of sulfonamides is 1. The number of amides is 1. The maximum Gasteiger partial charge on any atom is 0.263 e. The number of carbonyl (C=O) groups excluding carboxylic acids is 1. The summed E-state index contributed by atoms with van der Waals surface area (Å²) in [6.07, 6.45) is -0.747. The standard InChI is InChI=1S/C21H25FN2O4S/c1-15-4-9-20(14-16(15)2)29(26,27)24-12-10-23(11-13-24)21(25)17(3)28-19-7-5-18(22)6-8-19/h4-9,14,17H,10-13H2,1-3H3/t17-/m0/s1. The van der Waals surface area contributed by atoms with E-state index in [2.05, 4.69) is 0 Å². The van der Waals surface area contributed by atoms with Gasteiger partial charge >= 0.3 is 0 Å². The summed E-state index contributed by atoms with van der Waals surface area (Å²) in [6, 6.07) is 10.6. The van der Waals surface area contributed by atoms with Gasteiger partial charge in [0.15, 0.2) is 6.10 Å². The highest BCUT2D eigenvalue weighted by molar-refractivity contribution is 7.89. The van der Waals surface area contributed by atoms with Crippen LogP contribution in [-0.2, 0) is 14.8 Å². The normalized spacial score (nSPS) is 16.5. The lowest BCUT2D eigenvalue weighted by Gasteiger charge is -2.35. The van der Waals surface area contributed by atoms with Gasteiger partial charge in [0.2, 0.25) is 10.0 Å². The van der Waals surface area contributed by atoms with Crippen molar-refractivity contribution in [3.63, 3.8) is 0 Å². The van der Waals surface area contributed by atoms with Gasteiger partial charge in [0, 0.05) is 26.2 Å². The van der Waals surface area contributed by atoms with Crippen molar-refractivity contribution in [2.75, 3.05) is 26.2 Å². The quantitative estimate of drug-likeness (QED) is 0.746. The van der Waals surface area contributed by atoms with Crippen LogP contribution in [0.2, 0.25) is 0 Å². The van der Waals surface area contributed by atoms with Gasteiger partial charge in [0.25, 0.3) is 5.91 Å². The average Bonchev–Trinajstić information content (AvgIpc) is 2.71. The van der Waals surface area contributed by atoms with Gasteiger partial charge in [0.1, 0.15) is 11.6 Å². The topological polar surface area (TPSA) is 66.9 Å². The number of hydrogen-bond acceptors (Lipinski definition) is 4. The van der Waals surface area contributed by atoms with Crippen LogP contribution in [0.1, 0.15) is 18.1 Å². The van der Waals surface area contributed by atoms with Crippen LogP contribution < -0.4 is 4.74 Å². The summed E-state index contributed by atoms with van der Waals surface area (Å²) in [6.45, 7) is 6.48. The summed E-state index contributed by atoms with van der Waals surface area (Å²) in [7, 11) is -3.59. The Bertz CT molecular complexity index is 984. The van der Waals surface area contributed by atoms with Crippen LogP contribution in [0.5, 0.6) is 5.75 Å². The van der Waals surface area contributed by atoms with E-state index in [0.717, 1.165) is 11.1 Å². The maximum absolute atomic E-state index is 13.0. The van der Waals surface area contributed by atoms with E-state index in [0.29, 0.717) is 18.8 Å². The van der Waals surface area contributed by atoms with Gasteiger partial charge in [-0.2, -0.15) is 4.31 Å². The molecule has 1 fully saturated rings. The summed E-state index contributed by atoms with van der Waals surface area (Å²) in [5.74, 6) is -0.196. The molecule has 0 aromatic heterocycles. The molecule has 2 aromatic carbocycles. The van der Waals surface area contributed by atoms with Gasteiger partial charge in [0.05, 0.1) is 4.90 Å². The second kappa shape index (κ2) is 8.51. The van der Waals surface area contributed by atoms with Crippen molar-refractivity contribution in [3.8, 4) is 5.75 Å². The van der Waals surface area contributed by atoms with Gasteiger partial charge in [-0.3, -0.25) is 4.79 Å². The molecule has 1 saturated heterocycles. The molecule has 0 aliphatic carbocycles. The van der Waals surface area contributed by atoms with Crippen molar-refractivity contribution in [3.05, 3.63) is 59.4 Å². The number of piperazine rings is 1. The number of halogens is 1. The van der Waals surface area contributed by atoms with E-state index in [-0.39, 0.29) is 29.7 Å². The molecule has 3 rings (SSSR count). The Morgan fingerprint density at radius 3 is 2.21 bits per heavy atom. The Morgan fingerprint density at radius 2 is 1.62 bits per heavy atom. The van der Waals surface area contributed by atoms with Crippen molar-refractivity contribution in [2.24, 2.45) is 0 Å². The predicted molar refractivity (Wildman–Crippen MR) is 108 cm³/mol. The molecule has 1 heterocycles. The molecule has 1 atom stereocenters. The van der Waals surface area contributed by atoms with Crippen molar-refractivity contribution < 1.29 is 22.3 Å². The summed E-state index contributed by atoms with van der Waals surface area (Å²) in [4.78, 5) is 14.5. The highest BCUT2D eigenvalue weighted by atomic mass is 32.2. The van der Waals surface area contributed by atoms with Gasteiger partial charge in [-0.05, 0) is 68.3 Å². The molecule has 0 saturated carbocycles. The third kappa shape index (κ3) is 4.76. The number of rotatable bonds is 5. The lowest BCUT2D eigenvalue weighted by Crippen LogP contribution is -2.53. The van der Waals surface area contributed by atoms with Gasteiger partial charge in [-0.15, -0.1) is 0 Å². The minimum atomic E-state index is -3.59. The molecule has 156 valence electrons. The molecule has 0 spiro atoms. The van der Waals surface area contributed by atoms with Crippen molar-refractivity contribution in [1.29, 1.82) is 0 Å². The minimum Gasteiger partial charge on any atom is -0.481 e.